The minimum Gasteiger partial charge on any atom is -0.379 e. The molecule has 80 valence electrons. The Balaban J connectivity index is 2.13. The smallest absolute Gasteiger partial charge is 0.290 e. The zero-order chi connectivity index (χ0) is 10.6. The van der Waals surface area contributed by atoms with Crippen LogP contribution in [0.5, 0.6) is 0 Å². The molecule has 0 aromatic carbocycles. The Hall–Kier alpha value is -0.900. The fraction of sp³-hybridized carbons (Fsp3) is 0.800. The molecule has 0 atom stereocenters. The summed E-state index contributed by atoms with van der Waals surface area (Å²) in [5, 5.41) is 0. The second-order valence-corrected chi connectivity index (χ2v) is 3.74. The van der Waals surface area contributed by atoms with Crippen LogP contribution in [0.1, 0.15) is 26.7 Å². The number of ketones is 1. The Kier molecular flexibility index (Phi) is 4.07. The molecule has 4 heteroatoms. The van der Waals surface area contributed by atoms with Gasteiger partial charge in [0.05, 0.1) is 6.10 Å². The van der Waals surface area contributed by atoms with Gasteiger partial charge in [-0.1, -0.05) is 0 Å². The lowest BCUT2D eigenvalue weighted by Gasteiger charge is -2.14. The number of amides is 1. The highest BCUT2D eigenvalue weighted by molar-refractivity contribution is 6.37. The third-order valence-electron chi connectivity index (χ3n) is 2.16. The SMILES string of the molecule is CC(C)OCCCN1CCC(=O)C1=O. The first kappa shape index (κ1) is 11.2. The fourth-order valence-corrected chi connectivity index (χ4v) is 1.41. The third-order valence-corrected chi connectivity index (χ3v) is 2.16. The molecule has 1 fully saturated rings. The van der Waals surface area contributed by atoms with E-state index in [-0.39, 0.29) is 17.8 Å². The summed E-state index contributed by atoms with van der Waals surface area (Å²) in [5.74, 6) is -0.579. The van der Waals surface area contributed by atoms with E-state index in [0.717, 1.165) is 6.42 Å². The Morgan fingerprint density at radius 2 is 2.14 bits per heavy atom. The number of likely N-dealkylation sites (tertiary alicyclic amines) is 1. The molecule has 0 N–H and O–H groups in total. The molecule has 4 nitrogen and oxygen atoms in total. The van der Waals surface area contributed by atoms with Gasteiger partial charge in [0.25, 0.3) is 5.91 Å². The summed E-state index contributed by atoms with van der Waals surface area (Å²) in [6.07, 6.45) is 1.41. The summed E-state index contributed by atoms with van der Waals surface area (Å²) < 4.78 is 5.34. The summed E-state index contributed by atoms with van der Waals surface area (Å²) in [7, 11) is 0. The molecule has 0 saturated carbocycles. The van der Waals surface area contributed by atoms with Gasteiger partial charge in [-0.15, -0.1) is 0 Å². The molecule has 1 saturated heterocycles. The highest BCUT2D eigenvalue weighted by Gasteiger charge is 2.28. The number of hydrogen-bond acceptors (Lipinski definition) is 3. The van der Waals surface area contributed by atoms with E-state index in [1.54, 1.807) is 4.90 Å². The Labute approximate surface area is 84.2 Å². The number of nitrogens with zero attached hydrogens (tertiary/aromatic N) is 1. The van der Waals surface area contributed by atoms with E-state index in [2.05, 4.69) is 0 Å². The normalized spacial score (nSPS) is 17.2. The van der Waals surface area contributed by atoms with E-state index in [9.17, 15) is 9.59 Å². The lowest BCUT2D eigenvalue weighted by molar-refractivity contribution is -0.140. The number of hydrogen-bond donors (Lipinski definition) is 0. The van der Waals surface area contributed by atoms with Crippen LogP contribution < -0.4 is 0 Å². The summed E-state index contributed by atoms with van der Waals surface area (Å²) in [6, 6.07) is 0. The van der Waals surface area contributed by atoms with Crippen LogP contribution in [0, 0.1) is 0 Å². The van der Waals surface area contributed by atoms with Crippen molar-refractivity contribution in [2.45, 2.75) is 32.8 Å². The molecule has 0 radical (unpaired) electrons. The summed E-state index contributed by atoms with van der Waals surface area (Å²) in [4.78, 5) is 23.7. The maximum atomic E-state index is 11.2. The molecule has 1 heterocycles. The highest BCUT2D eigenvalue weighted by Crippen LogP contribution is 2.06. The molecule has 1 amide bonds. The second-order valence-electron chi connectivity index (χ2n) is 3.74. The molecule has 0 bridgehead atoms. The predicted octanol–water partition coefficient (Wildman–Crippen LogP) is 0.603. The van der Waals surface area contributed by atoms with Gasteiger partial charge in [-0.2, -0.15) is 0 Å². The molecule has 0 aromatic heterocycles. The van der Waals surface area contributed by atoms with Crippen molar-refractivity contribution >= 4 is 11.7 Å². The van der Waals surface area contributed by atoms with E-state index in [1.807, 2.05) is 13.8 Å². The first-order chi connectivity index (χ1) is 6.61. The van der Waals surface area contributed by atoms with Gasteiger partial charge in [0.2, 0.25) is 5.78 Å². The minimum absolute atomic E-state index is 0.228. The molecule has 14 heavy (non-hydrogen) atoms. The standard InChI is InChI=1S/C10H17NO3/c1-8(2)14-7-3-5-11-6-4-9(12)10(11)13/h8H,3-7H2,1-2H3. The quantitative estimate of drug-likeness (QED) is 0.481. The molecular weight excluding hydrogens is 182 g/mol. The molecule has 0 aliphatic carbocycles. The van der Waals surface area contributed by atoms with Crippen LogP contribution in [0.25, 0.3) is 0 Å². The highest BCUT2D eigenvalue weighted by atomic mass is 16.5. The lowest BCUT2D eigenvalue weighted by atomic mass is 10.3. The van der Waals surface area contributed by atoms with Crippen molar-refractivity contribution in [3.8, 4) is 0 Å². The van der Waals surface area contributed by atoms with Crippen LogP contribution in [0.4, 0.5) is 0 Å². The number of Topliss-reactive ketones (excluding diaryl/α,β-unsaturated/α-hetero) is 1. The van der Waals surface area contributed by atoms with Crippen molar-refractivity contribution in [1.82, 2.24) is 4.90 Å². The van der Waals surface area contributed by atoms with E-state index in [4.69, 9.17) is 4.74 Å². The molecule has 0 spiro atoms. The van der Waals surface area contributed by atoms with Crippen molar-refractivity contribution < 1.29 is 14.3 Å². The Morgan fingerprint density at radius 1 is 1.43 bits per heavy atom. The first-order valence-electron chi connectivity index (χ1n) is 5.05. The van der Waals surface area contributed by atoms with E-state index >= 15 is 0 Å². The predicted molar refractivity (Wildman–Crippen MR) is 51.9 cm³/mol. The summed E-state index contributed by atoms with van der Waals surface area (Å²) in [6.45, 7) is 5.82. The van der Waals surface area contributed by atoms with Crippen molar-refractivity contribution in [1.29, 1.82) is 0 Å². The summed E-state index contributed by atoms with van der Waals surface area (Å²) in [5.41, 5.74) is 0. The molecule has 0 aromatic rings. The largest absolute Gasteiger partial charge is 0.379 e. The van der Waals surface area contributed by atoms with Crippen molar-refractivity contribution in [3.63, 3.8) is 0 Å². The second kappa shape index (κ2) is 5.10. The van der Waals surface area contributed by atoms with Gasteiger partial charge in [0.1, 0.15) is 0 Å². The van der Waals surface area contributed by atoms with Gasteiger partial charge >= 0.3 is 0 Å². The van der Waals surface area contributed by atoms with Crippen LogP contribution in [-0.2, 0) is 14.3 Å². The molecule has 1 aliphatic rings. The van der Waals surface area contributed by atoms with Crippen LogP contribution in [0.2, 0.25) is 0 Å². The molecule has 1 rings (SSSR count). The Bertz CT molecular complexity index is 225. The van der Waals surface area contributed by atoms with Gasteiger partial charge < -0.3 is 9.64 Å². The zero-order valence-electron chi connectivity index (χ0n) is 8.78. The van der Waals surface area contributed by atoms with Crippen LogP contribution in [-0.4, -0.2) is 42.4 Å². The van der Waals surface area contributed by atoms with E-state index in [0.29, 0.717) is 26.1 Å². The topological polar surface area (TPSA) is 46.6 Å². The molecule has 0 unspecified atom stereocenters. The maximum absolute atomic E-state index is 11.2. The van der Waals surface area contributed by atoms with Gasteiger partial charge in [-0.05, 0) is 20.3 Å². The van der Waals surface area contributed by atoms with Crippen molar-refractivity contribution in [2.24, 2.45) is 0 Å². The lowest BCUT2D eigenvalue weighted by Crippen LogP contribution is -2.29. The van der Waals surface area contributed by atoms with Crippen LogP contribution >= 0.6 is 0 Å². The zero-order valence-corrected chi connectivity index (χ0v) is 8.78. The van der Waals surface area contributed by atoms with Crippen LogP contribution in [0.3, 0.4) is 0 Å². The first-order valence-corrected chi connectivity index (χ1v) is 5.05. The van der Waals surface area contributed by atoms with E-state index in [1.165, 1.54) is 0 Å². The van der Waals surface area contributed by atoms with E-state index < -0.39 is 0 Å². The fourth-order valence-electron chi connectivity index (χ4n) is 1.41. The van der Waals surface area contributed by atoms with Gasteiger partial charge in [0.15, 0.2) is 0 Å². The maximum Gasteiger partial charge on any atom is 0.290 e. The molecular formula is C10H17NO3. The van der Waals surface area contributed by atoms with Gasteiger partial charge in [-0.25, -0.2) is 0 Å². The minimum atomic E-state index is -0.324. The number of rotatable bonds is 5. The number of ether oxygens (including phenoxy) is 1. The number of carbonyl (C=O) groups excluding carboxylic acids is 2. The van der Waals surface area contributed by atoms with Crippen LogP contribution in [0.15, 0.2) is 0 Å². The summed E-state index contributed by atoms with van der Waals surface area (Å²) >= 11 is 0. The monoisotopic (exact) mass is 199 g/mol. The number of carbonyl (C=O) groups is 2. The third kappa shape index (κ3) is 3.10. The van der Waals surface area contributed by atoms with Gasteiger partial charge in [-0.3, -0.25) is 9.59 Å². The van der Waals surface area contributed by atoms with Gasteiger partial charge in [0, 0.05) is 26.1 Å². The van der Waals surface area contributed by atoms with Crippen molar-refractivity contribution in [2.75, 3.05) is 19.7 Å². The average Bonchev–Trinajstić information content (AvgIpc) is 2.43. The Morgan fingerprint density at radius 3 is 2.64 bits per heavy atom. The molecule has 1 aliphatic heterocycles. The van der Waals surface area contributed by atoms with Crippen molar-refractivity contribution in [3.05, 3.63) is 0 Å². The average molecular weight is 199 g/mol.